The van der Waals surface area contributed by atoms with Gasteiger partial charge in [-0.05, 0) is 12.5 Å². The molecule has 2 N–H and O–H groups in total. The Balaban J connectivity index is 2.63. The zero-order chi connectivity index (χ0) is 13.4. The van der Waals surface area contributed by atoms with Gasteiger partial charge in [0.25, 0.3) is 0 Å². The zero-order valence-corrected chi connectivity index (χ0v) is 11.2. The SMILES string of the molecule is CC[C@H](O)c1ccccc1N(C)CCOCCO. The largest absolute Gasteiger partial charge is 0.394 e. The minimum Gasteiger partial charge on any atom is -0.394 e. The number of anilines is 1. The van der Waals surface area contributed by atoms with Gasteiger partial charge in [0.1, 0.15) is 0 Å². The Morgan fingerprint density at radius 1 is 1.28 bits per heavy atom. The summed E-state index contributed by atoms with van der Waals surface area (Å²) in [5, 5.41) is 18.6. The molecular weight excluding hydrogens is 230 g/mol. The lowest BCUT2D eigenvalue weighted by molar-refractivity contribution is 0.0970. The van der Waals surface area contributed by atoms with Gasteiger partial charge in [-0.25, -0.2) is 0 Å². The molecule has 0 aliphatic carbocycles. The number of hydrogen-bond donors (Lipinski definition) is 2. The van der Waals surface area contributed by atoms with Gasteiger partial charge in [-0.2, -0.15) is 0 Å². The number of ether oxygens (including phenoxy) is 1. The quantitative estimate of drug-likeness (QED) is 0.691. The number of rotatable bonds is 8. The summed E-state index contributed by atoms with van der Waals surface area (Å²) in [5.74, 6) is 0. The van der Waals surface area contributed by atoms with Crippen LogP contribution < -0.4 is 4.90 Å². The van der Waals surface area contributed by atoms with Crippen LogP contribution in [0.25, 0.3) is 0 Å². The van der Waals surface area contributed by atoms with E-state index in [-0.39, 0.29) is 6.61 Å². The molecule has 0 aliphatic rings. The number of para-hydroxylation sites is 1. The fraction of sp³-hybridized carbons (Fsp3) is 0.571. The number of benzene rings is 1. The minimum atomic E-state index is -0.429. The van der Waals surface area contributed by atoms with Gasteiger partial charge in [-0.15, -0.1) is 0 Å². The molecule has 0 bridgehead atoms. The van der Waals surface area contributed by atoms with Gasteiger partial charge in [0.15, 0.2) is 0 Å². The average Bonchev–Trinajstić information content (AvgIpc) is 2.42. The highest BCUT2D eigenvalue weighted by Gasteiger charge is 2.12. The Morgan fingerprint density at radius 2 is 2.00 bits per heavy atom. The lowest BCUT2D eigenvalue weighted by atomic mass is 10.0. The van der Waals surface area contributed by atoms with E-state index < -0.39 is 6.10 Å². The van der Waals surface area contributed by atoms with Gasteiger partial charge in [0.05, 0.1) is 25.9 Å². The van der Waals surface area contributed by atoms with Crippen LogP contribution in [0.3, 0.4) is 0 Å². The van der Waals surface area contributed by atoms with E-state index in [0.717, 1.165) is 17.8 Å². The first-order valence-electron chi connectivity index (χ1n) is 6.37. The van der Waals surface area contributed by atoms with Crippen LogP contribution in [-0.4, -0.2) is 43.6 Å². The predicted octanol–water partition coefficient (Wildman–Crippen LogP) is 1.58. The molecule has 1 rings (SSSR count). The second kappa shape index (κ2) is 8.08. The number of aliphatic hydroxyl groups is 2. The molecule has 0 aliphatic heterocycles. The smallest absolute Gasteiger partial charge is 0.0807 e. The molecule has 4 heteroatoms. The molecule has 0 aromatic heterocycles. The summed E-state index contributed by atoms with van der Waals surface area (Å²) in [6, 6.07) is 7.86. The average molecular weight is 253 g/mol. The molecular formula is C14H23NO3. The Kier molecular flexibility index (Phi) is 6.72. The zero-order valence-electron chi connectivity index (χ0n) is 11.2. The maximum atomic E-state index is 9.98. The van der Waals surface area contributed by atoms with Gasteiger partial charge in [-0.1, -0.05) is 25.1 Å². The van der Waals surface area contributed by atoms with Crippen LogP contribution in [0.15, 0.2) is 24.3 Å². The van der Waals surface area contributed by atoms with Gasteiger partial charge >= 0.3 is 0 Å². The highest BCUT2D eigenvalue weighted by Crippen LogP contribution is 2.27. The van der Waals surface area contributed by atoms with E-state index in [1.165, 1.54) is 0 Å². The standard InChI is InChI=1S/C14H23NO3/c1-3-14(17)12-6-4-5-7-13(12)15(2)8-10-18-11-9-16/h4-7,14,16-17H,3,8-11H2,1-2H3/t14-/m0/s1. The fourth-order valence-corrected chi connectivity index (χ4v) is 1.83. The molecule has 0 spiro atoms. The summed E-state index contributed by atoms with van der Waals surface area (Å²) in [6.07, 6.45) is 0.272. The van der Waals surface area contributed by atoms with Crippen molar-refractivity contribution in [1.29, 1.82) is 0 Å². The summed E-state index contributed by atoms with van der Waals surface area (Å²) >= 11 is 0. The van der Waals surface area contributed by atoms with E-state index in [1.54, 1.807) is 0 Å². The van der Waals surface area contributed by atoms with Crippen molar-refractivity contribution >= 4 is 5.69 Å². The van der Waals surface area contributed by atoms with E-state index in [1.807, 2.05) is 38.2 Å². The molecule has 0 unspecified atom stereocenters. The van der Waals surface area contributed by atoms with Gasteiger partial charge in [0.2, 0.25) is 0 Å². The molecule has 1 atom stereocenters. The second-order valence-electron chi connectivity index (χ2n) is 4.24. The van der Waals surface area contributed by atoms with Crippen molar-refractivity contribution in [2.75, 3.05) is 38.3 Å². The lowest BCUT2D eigenvalue weighted by Crippen LogP contribution is -2.24. The second-order valence-corrected chi connectivity index (χ2v) is 4.24. The Labute approximate surface area is 109 Å². The minimum absolute atomic E-state index is 0.0504. The maximum Gasteiger partial charge on any atom is 0.0807 e. The monoisotopic (exact) mass is 253 g/mol. The van der Waals surface area contributed by atoms with Crippen LogP contribution in [0.2, 0.25) is 0 Å². The number of aliphatic hydroxyl groups excluding tert-OH is 2. The number of nitrogens with zero attached hydrogens (tertiary/aromatic N) is 1. The highest BCUT2D eigenvalue weighted by molar-refractivity contribution is 5.54. The molecule has 0 radical (unpaired) electrons. The molecule has 0 heterocycles. The Hall–Kier alpha value is -1.10. The van der Waals surface area contributed by atoms with E-state index >= 15 is 0 Å². The molecule has 0 saturated carbocycles. The maximum absolute atomic E-state index is 9.98. The molecule has 1 aromatic rings. The summed E-state index contributed by atoms with van der Waals surface area (Å²) in [6.45, 7) is 3.68. The van der Waals surface area contributed by atoms with Crippen molar-refractivity contribution in [1.82, 2.24) is 0 Å². The predicted molar refractivity (Wildman–Crippen MR) is 72.9 cm³/mol. The summed E-state index contributed by atoms with van der Waals surface area (Å²) in [4.78, 5) is 2.06. The van der Waals surface area contributed by atoms with Crippen molar-refractivity contribution in [3.05, 3.63) is 29.8 Å². The van der Waals surface area contributed by atoms with E-state index in [4.69, 9.17) is 9.84 Å². The summed E-state index contributed by atoms with van der Waals surface area (Å²) in [5.41, 5.74) is 1.98. The van der Waals surface area contributed by atoms with Crippen LogP contribution in [0, 0.1) is 0 Å². The molecule has 18 heavy (non-hydrogen) atoms. The normalized spacial score (nSPS) is 12.4. The molecule has 102 valence electrons. The van der Waals surface area contributed by atoms with Crippen molar-refractivity contribution in [3.63, 3.8) is 0 Å². The van der Waals surface area contributed by atoms with Gasteiger partial charge < -0.3 is 19.8 Å². The fourth-order valence-electron chi connectivity index (χ4n) is 1.83. The third-order valence-electron chi connectivity index (χ3n) is 2.90. The summed E-state index contributed by atoms with van der Waals surface area (Å²) in [7, 11) is 1.98. The molecule has 0 fully saturated rings. The topological polar surface area (TPSA) is 52.9 Å². The first kappa shape index (κ1) is 15.0. The molecule has 4 nitrogen and oxygen atoms in total. The van der Waals surface area contributed by atoms with Crippen LogP contribution in [0.5, 0.6) is 0 Å². The van der Waals surface area contributed by atoms with Gasteiger partial charge in [-0.3, -0.25) is 0 Å². The first-order valence-corrected chi connectivity index (χ1v) is 6.37. The van der Waals surface area contributed by atoms with Crippen molar-refractivity contribution in [2.45, 2.75) is 19.4 Å². The van der Waals surface area contributed by atoms with Crippen LogP contribution >= 0.6 is 0 Å². The van der Waals surface area contributed by atoms with E-state index in [2.05, 4.69) is 4.90 Å². The van der Waals surface area contributed by atoms with Crippen molar-refractivity contribution in [3.8, 4) is 0 Å². The first-order chi connectivity index (χ1) is 8.70. The van der Waals surface area contributed by atoms with Gasteiger partial charge in [0, 0.05) is 24.8 Å². The molecule has 1 aromatic carbocycles. The van der Waals surface area contributed by atoms with E-state index in [0.29, 0.717) is 19.6 Å². The van der Waals surface area contributed by atoms with Crippen LogP contribution in [-0.2, 0) is 4.74 Å². The molecule has 0 saturated heterocycles. The summed E-state index contributed by atoms with van der Waals surface area (Å²) < 4.78 is 5.25. The third-order valence-corrected chi connectivity index (χ3v) is 2.90. The van der Waals surface area contributed by atoms with Crippen LogP contribution in [0.4, 0.5) is 5.69 Å². The van der Waals surface area contributed by atoms with Crippen molar-refractivity contribution in [2.24, 2.45) is 0 Å². The highest BCUT2D eigenvalue weighted by atomic mass is 16.5. The third kappa shape index (κ3) is 4.29. The number of likely N-dealkylation sites (N-methyl/N-ethyl adjacent to an activating group) is 1. The van der Waals surface area contributed by atoms with Crippen molar-refractivity contribution < 1.29 is 14.9 Å². The Bertz CT molecular complexity index is 344. The van der Waals surface area contributed by atoms with E-state index in [9.17, 15) is 5.11 Å². The van der Waals surface area contributed by atoms with Crippen LogP contribution in [0.1, 0.15) is 25.0 Å². The Morgan fingerprint density at radius 3 is 2.67 bits per heavy atom. The number of hydrogen-bond acceptors (Lipinski definition) is 4. The lowest BCUT2D eigenvalue weighted by Gasteiger charge is -2.24. The molecule has 0 amide bonds.